The van der Waals surface area contributed by atoms with Crippen molar-refractivity contribution in [2.45, 2.75) is 45.7 Å². The molecule has 0 radical (unpaired) electrons. The molecule has 3 rings (SSSR count). The third-order valence-electron chi connectivity index (χ3n) is 4.37. The van der Waals surface area contributed by atoms with Crippen LogP contribution >= 0.6 is 0 Å². The number of nitrogens with zero attached hydrogens (tertiary/aromatic N) is 2. The molecule has 0 amide bonds. The number of ether oxygens (including phenoxy) is 1. The number of pyridine rings is 1. The van der Waals surface area contributed by atoms with Gasteiger partial charge in [0.15, 0.2) is 0 Å². The van der Waals surface area contributed by atoms with E-state index in [0.29, 0.717) is 12.2 Å². The Morgan fingerprint density at radius 1 is 1.04 bits per heavy atom. The summed E-state index contributed by atoms with van der Waals surface area (Å²) in [4.78, 5) is 6.66. The Balaban J connectivity index is 1.58. The number of rotatable bonds is 6. The van der Waals surface area contributed by atoms with E-state index in [1.54, 1.807) is 0 Å². The van der Waals surface area contributed by atoms with Gasteiger partial charge in [-0.1, -0.05) is 30.3 Å². The molecule has 1 N–H and O–H groups in total. The molecule has 1 aromatic carbocycles. The summed E-state index contributed by atoms with van der Waals surface area (Å²) in [7, 11) is 0. The van der Waals surface area contributed by atoms with E-state index in [-0.39, 0.29) is 0 Å². The van der Waals surface area contributed by atoms with Crippen molar-refractivity contribution in [1.29, 1.82) is 0 Å². The van der Waals surface area contributed by atoms with Gasteiger partial charge in [0, 0.05) is 45.1 Å². The van der Waals surface area contributed by atoms with E-state index in [1.807, 2.05) is 18.5 Å². The maximum Gasteiger partial charge on any atom is 0.0678 e. The van der Waals surface area contributed by atoms with Crippen LogP contribution in [-0.4, -0.2) is 35.2 Å². The van der Waals surface area contributed by atoms with Crippen LogP contribution in [0.3, 0.4) is 0 Å². The van der Waals surface area contributed by atoms with Gasteiger partial charge in [0.1, 0.15) is 0 Å². The first-order valence-corrected chi connectivity index (χ1v) is 8.75. The highest BCUT2D eigenvalue weighted by molar-refractivity contribution is 5.27. The van der Waals surface area contributed by atoms with Crippen LogP contribution in [0.25, 0.3) is 0 Å². The van der Waals surface area contributed by atoms with E-state index in [2.05, 4.69) is 59.4 Å². The molecule has 0 unspecified atom stereocenters. The van der Waals surface area contributed by atoms with Gasteiger partial charge in [-0.05, 0) is 36.6 Å². The molecule has 4 heteroatoms. The number of nitrogens with one attached hydrogen (secondary N) is 1. The van der Waals surface area contributed by atoms with Crippen LogP contribution in [0.1, 0.15) is 30.5 Å². The fourth-order valence-electron chi connectivity index (χ4n) is 3.38. The van der Waals surface area contributed by atoms with Crippen LogP contribution in [-0.2, 0) is 24.4 Å². The lowest BCUT2D eigenvalue weighted by Crippen LogP contribution is -2.45. The zero-order chi connectivity index (χ0) is 16.8. The summed E-state index contributed by atoms with van der Waals surface area (Å²) in [5.41, 5.74) is 3.98. The zero-order valence-corrected chi connectivity index (χ0v) is 14.6. The van der Waals surface area contributed by atoms with Gasteiger partial charge in [0.05, 0.1) is 12.2 Å². The van der Waals surface area contributed by atoms with Crippen molar-refractivity contribution in [2.75, 3.05) is 13.1 Å². The SMILES string of the molecule is C[C@H]1CN(Cc2ccccc2CNCc2cccnc2)C[C@H](C)O1. The predicted octanol–water partition coefficient (Wildman–Crippen LogP) is 2.98. The number of hydrogen-bond donors (Lipinski definition) is 1. The molecule has 0 bridgehead atoms. The Morgan fingerprint density at radius 2 is 1.79 bits per heavy atom. The summed E-state index contributed by atoms with van der Waals surface area (Å²) in [6.07, 6.45) is 4.34. The van der Waals surface area contributed by atoms with Crippen LogP contribution in [0.4, 0.5) is 0 Å². The molecule has 2 atom stereocenters. The van der Waals surface area contributed by atoms with Gasteiger partial charge in [-0.2, -0.15) is 0 Å². The Kier molecular flexibility index (Phi) is 5.96. The molecule has 0 spiro atoms. The van der Waals surface area contributed by atoms with E-state index in [0.717, 1.165) is 32.7 Å². The van der Waals surface area contributed by atoms with E-state index in [9.17, 15) is 0 Å². The summed E-state index contributed by atoms with van der Waals surface area (Å²) < 4.78 is 5.84. The van der Waals surface area contributed by atoms with E-state index in [1.165, 1.54) is 16.7 Å². The van der Waals surface area contributed by atoms with Gasteiger partial charge in [0.2, 0.25) is 0 Å². The van der Waals surface area contributed by atoms with Crippen LogP contribution in [0.5, 0.6) is 0 Å². The second-order valence-electron chi connectivity index (χ2n) is 6.68. The van der Waals surface area contributed by atoms with Gasteiger partial charge in [-0.3, -0.25) is 9.88 Å². The zero-order valence-electron chi connectivity index (χ0n) is 14.6. The quantitative estimate of drug-likeness (QED) is 0.886. The highest BCUT2D eigenvalue weighted by Crippen LogP contribution is 2.17. The molecule has 0 aliphatic carbocycles. The average molecular weight is 325 g/mol. The molecule has 2 heterocycles. The monoisotopic (exact) mass is 325 g/mol. The highest BCUT2D eigenvalue weighted by atomic mass is 16.5. The first-order chi connectivity index (χ1) is 11.7. The molecule has 1 aliphatic heterocycles. The normalized spacial score (nSPS) is 21.8. The van der Waals surface area contributed by atoms with Gasteiger partial charge < -0.3 is 10.1 Å². The van der Waals surface area contributed by atoms with Crippen LogP contribution < -0.4 is 5.32 Å². The fourth-order valence-corrected chi connectivity index (χ4v) is 3.38. The summed E-state index contributed by atoms with van der Waals surface area (Å²) >= 11 is 0. The number of aromatic nitrogens is 1. The van der Waals surface area contributed by atoms with Crippen LogP contribution in [0.15, 0.2) is 48.8 Å². The summed E-state index contributed by atoms with van der Waals surface area (Å²) in [5.74, 6) is 0. The lowest BCUT2D eigenvalue weighted by atomic mass is 10.1. The summed E-state index contributed by atoms with van der Waals surface area (Å²) in [5, 5.41) is 3.53. The van der Waals surface area contributed by atoms with Gasteiger partial charge in [-0.15, -0.1) is 0 Å². The van der Waals surface area contributed by atoms with E-state index >= 15 is 0 Å². The van der Waals surface area contributed by atoms with E-state index in [4.69, 9.17) is 4.74 Å². The van der Waals surface area contributed by atoms with Crippen molar-refractivity contribution in [2.24, 2.45) is 0 Å². The van der Waals surface area contributed by atoms with Crippen molar-refractivity contribution in [3.63, 3.8) is 0 Å². The predicted molar refractivity (Wildman–Crippen MR) is 96.5 cm³/mol. The Bertz CT molecular complexity index is 622. The third-order valence-corrected chi connectivity index (χ3v) is 4.37. The Labute approximate surface area is 144 Å². The molecule has 128 valence electrons. The molecule has 4 nitrogen and oxygen atoms in total. The number of morpholine rings is 1. The first kappa shape index (κ1) is 17.1. The van der Waals surface area contributed by atoms with Gasteiger partial charge in [-0.25, -0.2) is 0 Å². The molecule has 1 aromatic heterocycles. The molecule has 24 heavy (non-hydrogen) atoms. The minimum Gasteiger partial charge on any atom is -0.373 e. The van der Waals surface area contributed by atoms with Crippen molar-refractivity contribution < 1.29 is 4.74 Å². The highest BCUT2D eigenvalue weighted by Gasteiger charge is 2.22. The Morgan fingerprint density at radius 3 is 2.50 bits per heavy atom. The first-order valence-electron chi connectivity index (χ1n) is 8.75. The molecule has 0 saturated carbocycles. The topological polar surface area (TPSA) is 37.4 Å². The molecular weight excluding hydrogens is 298 g/mol. The second-order valence-corrected chi connectivity index (χ2v) is 6.68. The fraction of sp³-hybridized carbons (Fsp3) is 0.450. The molecule has 1 fully saturated rings. The minimum absolute atomic E-state index is 0.310. The maximum absolute atomic E-state index is 5.84. The second kappa shape index (κ2) is 8.38. The van der Waals surface area contributed by atoms with Gasteiger partial charge in [0.25, 0.3) is 0 Å². The van der Waals surface area contributed by atoms with Crippen molar-refractivity contribution in [3.8, 4) is 0 Å². The van der Waals surface area contributed by atoms with Crippen molar-refractivity contribution in [3.05, 3.63) is 65.5 Å². The van der Waals surface area contributed by atoms with Crippen molar-refractivity contribution >= 4 is 0 Å². The minimum atomic E-state index is 0.310. The number of benzene rings is 1. The van der Waals surface area contributed by atoms with Crippen molar-refractivity contribution in [1.82, 2.24) is 15.2 Å². The lowest BCUT2D eigenvalue weighted by molar-refractivity contribution is -0.0705. The van der Waals surface area contributed by atoms with Gasteiger partial charge >= 0.3 is 0 Å². The number of hydrogen-bond acceptors (Lipinski definition) is 4. The molecule has 1 aliphatic rings. The summed E-state index contributed by atoms with van der Waals surface area (Å²) in [6.45, 7) is 9.02. The van der Waals surface area contributed by atoms with E-state index < -0.39 is 0 Å². The molecule has 1 saturated heterocycles. The van der Waals surface area contributed by atoms with Crippen LogP contribution in [0, 0.1) is 0 Å². The average Bonchev–Trinajstić information content (AvgIpc) is 2.56. The standard InChI is InChI=1S/C20H27N3O/c1-16-13-23(14-17(2)24-16)15-20-8-4-3-7-19(20)12-22-11-18-6-5-9-21-10-18/h3-10,16-17,22H,11-15H2,1-2H3/t16-,17-/m0/s1. The molecule has 2 aromatic rings. The Hall–Kier alpha value is -1.75. The third kappa shape index (κ3) is 4.87. The smallest absolute Gasteiger partial charge is 0.0678 e. The van der Waals surface area contributed by atoms with Crippen LogP contribution in [0.2, 0.25) is 0 Å². The maximum atomic E-state index is 5.84. The lowest BCUT2D eigenvalue weighted by Gasteiger charge is -2.35. The summed E-state index contributed by atoms with van der Waals surface area (Å²) in [6, 6.07) is 12.8. The largest absolute Gasteiger partial charge is 0.373 e. The molecular formula is C20H27N3O.